The average molecular weight is 276 g/mol. The molecule has 0 amide bonds. The SMILES string of the molecule is CNC1CC(c2cc(F)c(Cl)cc2Cl)C1(C)C. The van der Waals surface area contributed by atoms with Gasteiger partial charge in [-0.25, -0.2) is 4.39 Å². The second-order valence-corrected chi connectivity index (χ2v) is 6.05. The minimum atomic E-state index is -0.394. The van der Waals surface area contributed by atoms with Gasteiger partial charge in [-0.15, -0.1) is 0 Å². The van der Waals surface area contributed by atoms with Gasteiger partial charge in [0.15, 0.2) is 0 Å². The lowest BCUT2D eigenvalue weighted by Gasteiger charge is -2.52. The van der Waals surface area contributed by atoms with E-state index in [0.29, 0.717) is 11.1 Å². The van der Waals surface area contributed by atoms with E-state index < -0.39 is 5.82 Å². The fraction of sp³-hybridized carbons (Fsp3) is 0.538. The molecule has 4 heteroatoms. The fourth-order valence-electron chi connectivity index (χ4n) is 2.75. The Hall–Kier alpha value is -0.310. The van der Waals surface area contributed by atoms with Crippen LogP contribution in [-0.2, 0) is 0 Å². The summed E-state index contributed by atoms with van der Waals surface area (Å²) >= 11 is 11.9. The van der Waals surface area contributed by atoms with Crippen molar-refractivity contribution in [3.8, 4) is 0 Å². The lowest BCUT2D eigenvalue weighted by atomic mass is 9.56. The average Bonchev–Trinajstić information content (AvgIpc) is 2.24. The monoisotopic (exact) mass is 275 g/mol. The first-order valence-electron chi connectivity index (χ1n) is 5.69. The van der Waals surface area contributed by atoms with E-state index in [9.17, 15) is 4.39 Å². The summed E-state index contributed by atoms with van der Waals surface area (Å²) in [6.45, 7) is 4.34. The molecule has 17 heavy (non-hydrogen) atoms. The molecule has 94 valence electrons. The zero-order chi connectivity index (χ0) is 12.8. The predicted molar refractivity (Wildman–Crippen MR) is 70.4 cm³/mol. The third-order valence-electron chi connectivity index (χ3n) is 4.03. The van der Waals surface area contributed by atoms with Crippen LogP contribution in [-0.4, -0.2) is 13.1 Å². The molecular weight excluding hydrogens is 260 g/mol. The number of rotatable bonds is 2. The fourth-order valence-corrected chi connectivity index (χ4v) is 3.26. The molecule has 0 bridgehead atoms. The van der Waals surface area contributed by atoms with E-state index in [1.165, 1.54) is 12.1 Å². The summed E-state index contributed by atoms with van der Waals surface area (Å²) in [4.78, 5) is 0. The van der Waals surface area contributed by atoms with Gasteiger partial charge in [-0.05, 0) is 42.5 Å². The van der Waals surface area contributed by atoms with Crippen LogP contribution in [0.1, 0.15) is 31.7 Å². The van der Waals surface area contributed by atoms with Crippen LogP contribution in [0.5, 0.6) is 0 Å². The normalized spacial score (nSPS) is 26.7. The first-order chi connectivity index (χ1) is 7.87. The number of halogens is 3. The summed E-state index contributed by atoms with van der Waals surface area (Å²) in [5.74, 6) is -0.117. The smallest absolute Gasteiger partial charge is 0.142 e. The van der Waals surface area contributed by atoms with Gasteiger partial charge < -0.3 is 5.32 Å². The summed E-state index contributed by atoms with van der Waals surface area (Å²) < 4.78 is 13.5. The van der Waals surface area contributed by atoms with Crippen molar-refractivity contribution >= 4 is 23.2 Å². The molecule has 0 heterocycles. The van der Waals surface area contributed by atoms with E-state index in [4.69, 9.17) is 23.2 Å². The Kier molecular flexibility index (Phi) is 3.41. The van der Waals surface area contributed by atoms with Gasteiger partial charge >= 0.3 is 0 Å². The Morgan fingerprint density at radius 3 is 2.47 bits per heavy atom. The second kappa shape index (κ2) is 4.42. The first kappa shape index (κ1) is 13.1. The second-order valence-electron chi connectivity index (χ2n) is 5.24. The third-order valence-corrected chi connectivity index (χ3v) is 4.65. The molecule has 1 saturated carbocycles. The summed E-state index contributed by atoms with van der Waals surface area (Å²) in [5.41, 5.74) is 0.948. The standard InChI is InChI=1S/C13H16Cl2FN/c1-13(2)8(5-12(13)17-3)7-4-11(16)10(15)6-9(7)14/h4,6,8,12,17H,5H2,1-3H3. The number of benzene rings is 1. The van der Waals surface area contributed by atoms with Gasteiger partial charge in [0, 0.05) is 11.1 Å². The van der Waals surface area contributed by atoms with Gasteiger partial charge in [0.05, 0.1) is 5.02 Å². The van der Waals surface area contributed by atoms with E-state index in [-0.39, 0.29) is 16.4 Å². The van der Waals surface area contributed by atoms with Crippen molar-refractivity contribution in [1.82, 2.24) is 5.32 Å². The Bertz CT molecular complexity index is 445. The molecule has 0 radical (unpaired) electrons. The third kappa shape index (κ3) is 2.07. The maximum absolute atomic E-state index is 13.5. The van der Waals surface area contributed by atoms with E-state index in [0.717, 1.165) is 12.0 Å². The molecule has 0 aliphatic heterocycles. The molecule has 0 aromatic heterocycles. The Balaban J connectivity index is 2.34. The van der Waals surface area contributed by atoms with Crippen molar-refractivity contribution in [2.45, 2.75) is 32.2 Å². The van der Waals surface area contributed by atoms with Crippen molar-refractivity contribution in [2.24, 2.45) is 5.41 Å². The predicted octanol–water partition coefficient (Wildman–Crippen LogP) is 4.23. The largest absolute Gasteiger partial charge is 0.316 e. The van der Waals surface area contributed by atoms with Crippen LogP contribution in [0.3, 0.4) is 0 Å². The van der Waals surface area contributed by atoms with Crippen molar-refractivity contribution in [2.75, 3.05) is 7.05 Å². The van der Waals surface area contributed by atoms with E-state index in [1.54, 1.807) is 0 Å². The molecule has 1 nitrogen and oxygen atoms in total. The number of hydrogen-bond acceptors (Lipinski definition) is 1. The lowest BCUT2D eigenvalue weighted by Crippen LogP contribution is -2.54. The highest BCUT2D eigenvalue weighted by Gasteiger charge is 2.48. The van der Waals surface area contributed by atoms with Crippen LogP contribution < -0.4 is 5.32 Å². The highest BCUT2D eigenvalue weighted by atomic mass is 35.5. The lowest BCUT2D eigenvalue weighted by molar-refractivity contribution is 0.0750. The zero-order valence-corrected chi connectivity index (χ0v) is 11.7. The molecule has 2 unspecified atom stereocenters. The molecule has 2 rings (SSSR count). The number of hydrogen-bond donors (Lipinski definition) is 1. The van der Waals surface area contributed by atoms with Gasteiger partial charge in [-0.2, -0.15) is 0 Å². The minimum absolute atomic E-state index is 0.0820. The van der Waals surface area contributed by atoms with Gasteiger partial charge in [-0.3, -0.25) is 0 Å². The summed E-state index contributed by atoms with van der Waals surface area (Å²) in [6.07, 6.45) is 0.976. The van der Waals surface area contributed by atoms with Crippen LogP contribution in [0.15, 0.2) is 12.1 Å². The van der Waals surface area contributed by atoms with Crippen LogP contribution in [0.4, 0.5) is 4.39 Å². The molecule has 1 fully saturated rings. The molecule has 1 N–H and O–H groups in total. The van der Waals surface area contributed by atoms with Crippen LogP contribution >= 0.6 is 23.2 Å². The van der Waals surface area contributed by atoms with Gasteiger partial charge in [0.1, 0.15) is 5.82 Å². The maximum Gasteiger partial charge on any atom is 0.142 e. The summed E-state index contributed by atoms with van der Waals surface area (Å²) in [6, 6.07) is 3.42. The molecule has 1 aliphatic carbocycles. The molecule has 1 aromatic rings. The van der Waals surface area contributed by atoms with Crippen molar-refractivity contribution in [1.29, 1.82) is 0 Å². The van der Waals surface area contributed by atoms with Crippen LogP contribution in [0.25, 0.3) is 0 Å². The van der Waals surface area contributed by atoms with Crippen molar-refractivity contribution in [3.63, 3.8) is 0 Å². The highest BCUT2D eigenvalue weighted by Crippen LogP contribution is 2.54. The van der Waals surface area contributed by atoms with E-state index in [2.05, 4.69) is 19.2 Å². The van der Waals surface area contributed by atoms with Gasteiger partial charge in [-0.1, -0.05) is 37.0 Å². The Morgan fingerprint density at radius 2 is 1.94 bits per heavy atom. The molecule has 1 aliphatic rings. The van der Waals surface area contributed by atoms with E-state index >= 15 is 0 Å². The van der Waals surface area contributed by atoms with E-state index in [1.807, 2.05) is 7.05 Å². The van der Waals surface area contributed by atoms with Gasteiger partial charge in [0.2, 0.25) is 0 Å². The Labute approximate surface area is 111 Å². The molecule has 1 aromatic carbocycles. The highest BCUT2D eigenvalue weighted by molar-refractivity contribution is 6.35. The summed E-state index contributed by atoms with van der Waals surface area (Å²) in [5, 5.41) is 3.92. The zero-order valence-electron chi connectivity index (χ0n) is 10.2. The minimum Gasteiger partial charge on any atom is -0.316 e. The quantitative estimate of drug-likeness (QED) is 0.797. The van der Waals surface area contributed by atoms with Crippen LogP contribution in [0, 0.1) is 11.2 Å². The molecule has 2 atom stereocenters. The first-order valence-corrected chi connectivity index (χ1v) is 6.45. The Morgan fingerprint density at radius 1 is 1.29 bits per heavy atom. The van der Waals surface area contributed by atoms with Gasteiger partial charge in [0.25, 0.3) is 0 Å². The maximum atomic E-state index is 13.5. The number of nitrogens with one attached hydrogen (secondary N) is 1. The summed E-state index contributed by atoms with van der Waals surface area (Å²) in [7, 11) is 1.95. The topological polar surface area (TPSA) is 12.0 Å². The molecule has 0 saturated heterocycles. The van der Waals surface area contributed by atoms with Crippen molar-refractivity contribution < 1.29 is 4.39 Å². The van der Waals surface area contributed by atoms with Crippen LogP contribution in [0.2, 0.25) is 10.0 Å². The van der Waals surface area contributed by atoms with Crippen molar-refractivity contribution in [3.05, 3.63) is 33.6 Å². The molecule has 0 spiro atoms. The molecular formula is C13H16Cl2FN.